The van der Waals surface area contributed by atoms with Gasteiger partial charge in [-0.1, -0.05) is 182 Å². The van der Waals surface area contributed by atoms with E-state index >= 15 is 0 Å². The standard InChI is InChI=1S/C33H66OS/c1-5-6-7-8-9-10-17-20-23-26-29-33(4,32(34)35)30-27-24-21-18-15-13-11-12-14-16-19-22-25-28-31(2)3/h31H,5-30H2,1-4H3,(H,34,35). The third-order valence-corrected chi connectivity index (χ3v) is 8.65. The van der Waals surface area contributed by atoms with Crippen LogP contribution in [-0.2, 0) is 4.79 Å². The lowest BCUT2D eigenvalue weighted by Gasteiger charge is -2.26. The molecule has 0 saturated carbocycles. The molecule has 0 aromatic rings. The minimum Gasteiger partial charge on any atom is -0.287 e. The summed E-state index contributed by atoms with van der Waals surface area (Å²) in [6, 6.07) is 0. The highest BCUT2D eigenvalue weighted by Crippen LogP contribution is 2.34. The molecular weight excluding hydrogens is 444 g/mol. The lowest BCUT2D eigenvalue weighted by molar-refractivity contribution is -0.119. The molecule has 0 N–H and O–H groups in total. The first-order valence-electron chi connectivity index (χ1n) is 16.2. The molecule has 2 heteroatoms. The first-order valence-corrected chi connectivity index (χ1v) is 16.6. The molecule has 0 fully saturated rings. The highest BCUT2D eigenvalue weighted by molar-refractivity contribution is 7.96. The zero-order valence-electron chi connectivity index (χ0n) is 24.8. The van der Waals surface area contributed by atoms with Crippen molar-refractivity contribution in [3.63, 3.8) is 0 Å². The van der Waals surface area contributed by atoms with Crippen LogP contribution in [0.3, 0.4) is 0 Å². The second-order valence-electron chi connectivity index (χ2n) is 12.3. The number of hydrogen-bond acceptors (Lipinski definition) is 1. The van der Waals surface area contributed by atoms with E-state index in [-0.39, 0.29) is 10.5 Å². The molecule has 0 aliphatic carbocycles. The van der Waals surface area contributed by atoms with Gasteiger partial charge in [-0.3, -0.25) is 4.79 Å². The molecule has 210 valence electrons. The SMILES string of the molecule is CCCCCCCCCCCCC(C)(CCCCCCCCCCCCCCCC(C)C)C(=O)S. The molecule has 0 radical (unpaired) electrons. The number of carbonyl (C=O) groups is 1. The summed E-state index contributed by atoms with van der Waals surface area (Å²) in [6.07, 6.45) is 35.1. The Morgan fingerprint density at radius 2 is 0.829 bits per heavy atom. The van der Waals surface area contributed by atoms with E-state index in [0.29, 0.717) is 0 Å². The average Bonchev–Trinajstić information content (AvgIpc) is 2.82. The van der Waals surface area contributed by atoms with Crippen molar-refractivity contribution in [1.82, 2.24) is 0 Å². The van der Waals surface area contributed by atoms with Gasteiger partial charge in [-0.05, 0) is 18.8 Å². The molecule has 0 spiro atoms. The molecule has 0 aromatic carbocycles. The highest BCUT2D eigenvalue weighted by Gasteiger charge is 2.29. The van der Waals surface area contributed by atoms with Crippen LogP contribution in [0.2, 0.25) is 0 Å². The molecule has 0 aromatic heterocycles. The maximum absolute atomic E-state index is 12.2. The molecule has 0 rings (SSSR count). The van der Waals surface area contributed by atoms with Gasteiger partial charge in [0, 0.05) is 5.41 Å². The van der Waals surface area contributed by atoms with Crippen LogP contribution in [0, 0.1) is 11.3 Å². The van der Waals surface area contributed by atoms with Gasteiger partial charge in [0.1, 0.15) is 0 Å². The Morgan fingerprint density at radius 3 is 1.11 bits per heavy atom. The van der Waals surface area contributed by atoms with Crippen molar-refractivity contribution in [3.05, 3.63) is 0 Å². The summed E-state index contributed by atoms with van der Waals surface area (Å²) in [5, 5.41) is 0.119. The second kappa shape index (κ2) is 25.7. The predicted molar refractivity (Wildman–Crippen MR) is 163 cm³/mol. The van der Waals surface area contributed by atoms with Gasteiger partial charge in [0.05, 0.1) is 0 Å². The van der Waals surface area contributed by atoms with Crippen LogP contribution in [0.15, 0.2) is 0 Å². The summed E-state index contributed by atoms with van der Waals surface area (Å²) in [7, 11) is 0. The monoisotopic (exact) mass is 510 g/mol. The summed E-state index contributed by atoms with van der Waals surface area (Å²) < 4.78 is 0. The van der Waals surface area contributed by atoms with Crippen molar-refractivity contribution in [2.45, 2.75) is 195 Å². The van der Waals surface area contributed by atoms with Crippen molar-refractivity contribution in [2.75, 3.05) is 0 Å². The third-order valence-electron chi connectivity index (χ3n) is 8.11. The molecule has 1 atom stereocenters. The van der Waals surface area contributed by atoms with Crippen LogP contribution in [0.25, 0.3) is 0 Å². The Balaban J connectivity index is 3.55. The predicted octanol–water partition coefficient (Wildman–Crippen LogP) is 12.3. The summed E-state index contributed by atoms with van der Waals surface area (Å²) in [5.74, 6) is 0.874. The zero-order valence-corrected chi connectivity index (χ0v) is 25.7. The van der Waals surface area contributed by atoms with Gasteiger partial charge < -0.3 is 0 Å². The third kappa shape index (κ3) is 24.1. The molecule has 0 aliphatic heterocycles. The van der Waals surface area contributed by atoms with Gasteiger partial charge in [-0.25, -0.2) is 0 Å². The van der Waals surface area contributed by atoms with E-state index in [4.69, 9.17) is 0 Å². The highest BCUT2D eigenvalue weighted by atomic mass is 32.1. The molecule has 35 heavy (non-hydrogen) atoms. The van der Waals surface area contributed by atoms with Crippen molar-refractivity contribution in [2.24, 2.45) is 11.3 Å². The van der Waals surface area contributed by atoms with E-state index in [1.807, 2.05) is 0 Å². The van der Waals surface area contributed by atoms with Gasteiger partial charge >= 0.3 is 0 Å². The number of thiol groups is 1. The molecule has 0 aliphatic rings. The quantitative estimate of drug-likeness (QED) is 0.0817. The van der Waals surface area contributed by atoms with Gasteiger partial charge in [0.2, 0.25) is 0 Å². The first kappa shape index (κ1) is 35.0. The van der Waals surface area contributed by atoms with E-state index in [2.05, 4.69) is 40.3 Å². The molecule has 0 saturated heterocycles. The number of carbonyl (C=O) groups excluding carboxylic acids is 1. The van der Waals surface area contributed by atoms with E-state index in [1.54, 1.807) is 0 Å². The lowest BCUT2D eigenvalue weighted by atomic mass is 9.81. The summed E-state index contributed by atoms with van der Waals surface area (Å²) >= 11 is 4.27. The number of unbranched alkanes of at least 4 members (excludes halogenated alkanes) is 21. The van der Waals surface area contributed by atoms with Crippen LogP contribution in [0.1, 0.15) is 195 Å². The summed E-state index contributed by atoms with van der Waals surface area (Å²) in [5.41, 5.74) is -0.196. The Kier molecular flexibility index (Phi) is 25.7. The number of hydrogen-bond donors (Lipinski definition) is 1. The van der Waals surface area contributed by atoms with Crippen molar-refractivity contribution < 1.29 is 4.79 Å². The summed E-state index contributed by atoms with van der Waals surface area (Å²) in [4.78, 5) is 12.2. The molecule has 1 unspecified atom stereocenters. The van der Waals surface area contributed by atoms with Gasteiger partial charge in [-0.2, -0.15) is 0 Å². The van der Waals surface area contributed by atoms with E-state index < -0.39 is 0 Å². The first-order chi connectivity index (χ1) is 16.9. The maximum atomic E-state index is 12.2. The minimum absolute atomic E-state index is 0.119. The van der Waals surface area contributed by atoms with Crippen molar-refractivity contribution in [1.29, 1.82) is 0 Å². The lowest BCUT2D eigenvalue weighted by Crippen LogP contribution is -2.24. The van der Waals surface area contributed by atoms with Gasteiger partial charge in [0.15, 0.2) is 5.12 Å². The average molecular weight is 511 g/mol. The van der Waals surface area contributed by atoms with Crippen LogP contribution in [0.5, 0.6) is 0 Å². The number of rotatable bonds is 28. The van der Waals surface area contributed by atoms with Crippen molar-refractivity contribution in [3.8, 4) is 0 Å². The van der Waals surface area contributed by atoms with Gasteiger partial charge in [0.25, 0.3) is 0 Å². The zero-order chi connectivity index (χ0) is 26.0. The van der Waals surface area contributed by atoms with Crippen molar-refractivity contribution >= 4 is 17.7 Å². The molecule has 0 heterocycles. The van der Waals surface area contributed by atoms with Gasteiger partial charge in [-0.15, -0.1) is 12.6 Å². The topological polar surface area (TPSA) is 17.1 Å². The molecule has 0 bridgehead atoms. The normalized spacial score (nSPS) is 13.4. The maximum Gasteiger partial charge on any atom is 0.191 e. The van der Waals surface area contributed by atoms with E-state index in [9.17, 15) is 4.79 Å². The Labute approximate surface area is 228 Å². The molecular formula is C33H66OS. The summed E-state index contributed by atoms with van der Waals surface area (Å²) in [6.45, 7) is 9.11. The smallest absolute Gasteiger partial charge is 0.191 e. The van der Waals surface area contributed by atoms with E-state index in [0.717, 1.165) is 18.8 Å². The minimum atomic E-state index is -0.196. The largest absolute Gasteiger partial charge is 0.287 e. The second-order valence-corrected chi connectivity index (χ2v) is 12.7. The Morgan fingerprint density at radius 1 is 0.543 bits per heavy atom. The fraction of sp³-hybridized carbons (Fsp3) is 0.970. The fourth-order valence-corrected chi connectivity index (χ4v) is 5.58. The Hall–Kier alpha value is 0.0200. The van der Waals surface area contributed by atoms with Crippen LogP contribution in [0.4, 0.5) is 0 Å². The molecule has 0 amide bonds. The van der Waals surface area contributed by atoms with Crippen LogP contribution < -0.4 is 0 Å². The van der Waals surface area contributed by atoms with E-state index in [1.165, 1.54) is 154 Å². The fourth-order valence-electron chi connectivity index (χ4n) is 5.35. The Bertz CT molecular complexity index is 446. The molecule has 1 nitrogen and oxygen atoms in total. The van der Waals surface area contributed by atoms with Crippen LogP contribution >= 0.6 is 12.6 Å². The van der Waals surface area contributed by atoms with Crippen LogP contribution in [-0.4, -0.2) is 5.12 Å².